The lowest BCUT2D eigenvalue weighted by Crippen LogP contribution is -2.12. The Bertz CT molecular complexity index is 342. The number of nitrogen functional groups attached to an aromatic ring is 1. The minimum Gasteiger partial charge on any atom is -0.384 e. The molecule has 0 unspecified atom stereocenters. The molecule has 86 valence electrons. The highest BCUT2D eigenvalue weighted by molar-refractivity contribution is 5.39. The zero-order valence-electron chi connectivity index (χ0n) is 10.8. The highest BCUT2D eigenvalue weighted by Crippen LogP contribution is 2.26. The highest BCUT2D eigenvalue weighted by Gasteiger charge is 2.19. The zero-order chi connectivity index (χ0) is 11.8. The van der Waals surface area contributed by atoms with E-state index in [0.717, 1.165) is 23.8 Å². The van der Waals surface area contributed by atoms with Crippen LogP contribution >= 0.6 is 0 Å². The summed E-state index contributed by atoms with van der Waals surface area (Å²) >= 11 is 0. The molecule has 0 saturated heterocycles. The van der Waals surface area contributed by atoms with Crippen molar-refractivity contribution in [1.29, 1.82) is 0 Å². The smallest absolute Gasteiger partial charge is 0.127 e. The van der Waals surface area contributed by atoms with Gasteiger partial charge in [0.15, 0.2) is 0 Å². The average molecular weight is 209 g/mol. The summed E-state index contributed by atoms with van der Waals surface area (Å²) in [5.41, 5.74) is 7.38. The third kappa shape index (κ3) is 2.74. The van der Waals surface area contributed by atoms with Gasteiger partial charge in [0.2, 0.25) is 0 Å². The maximum absolute atomic E-state index is 6.11. The van der Waals surface area contributed by atoms with E-state index in [1.165, 1.54) is 0 Å². The molecule has 0 atom stereocenters. The molecule has 1 heterocycles. The number of aryl methyl sites for hydroxylation is 1. The maximum atomic E-state index is 6.11. The Kier molecular flexibility index (Phi) is 3.12. The van der Waals surface area contributed by atoms with Gasteiger partial charge in [-0.1, -0.05) is 20.8 Å². The number of aromatic nitrogens is 2. The summed E-state index contributed by atoms with van der Waals surface area (Å²) in [7, 11) is 0. The van der Waals surface area contributed by atoms with Gasteiger partial charge in [-0.3, -0.25) is 0 Å². The van der Waals surface area contributed by atoms with E-state index in [1.54, 1.807) is 0 Å². The van der Waals surface area contributed by atoms with Crippen LogP contribution in [0.1, 0.15) is 52.2 Å². The molecule has 0 fully saturated rings. The van der Waals surface area contributed by atoms with Crippen LogP contribution in [0.25, 0.3) is 0 Å². The fourth-order valence-corrected chi connectivity index (χ4v) is 1.90. The molecule has 0 amide bonds. The normalized spacial score (nSPS) is 12.5. The van der Waals surface area contributed by atoms with Crippen LogP contribution in [0.2, 0.25) is 0 Å². The van der Waals surface area contributed by atoms with E-state index >= 15 is 0 Å². The summed E-state index contributed by atoms with van der Waals surface area (Å²) in [6, 6.07) is 0.381. The summed E-state index contributed by atoms with van der Waals surface area (Å²) in [5, 5.41) is 0. The molecule has 1 rings (SSSR count). The number of nitrogens with zero attached hydrogens (tertiary/aromatic N) is 2. The molecule has 0 radical (unpaired) electrons. The SMILES string of the molecule is Cc1nc(CC(C)(C)C)c(N)n1C(C)C. The van der Waals surface area contributed by atoms with Crippen LogP contribution in [0.15, 0.2) is 0 Å². The fourth-order valence-electron chi connectivity index (χ4n) is 1.90. The van der Waals surface area contributed by atoms with Crippen molar-refractivity contribution >= 4 is 5.82 Å². The Hall–Kier alpha value is -0.990. The summed E-state index contributed by atoms with van der Waals surface area (Å²) in [6.07, 6.45) is 0.930. The lowest BCUT2D eigenvalue weighted by Gasteiger charge is -2.17. The van der Waals surface area contributed by atoms with Crippen molar-refractivity contribution < 1.29 is 0 Å². The number of nitrogens with two attached hydrogens (primary N) is 1. The summed E-state index contributed by atoms with van der Waals surface area (Å²) < 4.78 is 2.10. The standard InChI is InChI=1S/C12H23N3/c1-8(2)15-9(3)14-10(11(15)13)7-12(4,5)6/h8H,7,13H2,1-6H3. The second kappa shape index (κ2) is 3.87. The van der Waals surface area contributed by atoms with E-state index in [4.69, 9.17) is 5.73 Å². The first-order valence-electron chi connectivity index (χ1n) is 5.55. The molecule has 1 aromatic heterocycles. The first-order valence-corrected chi connectivity index (χ1v) is 5.55. The minimum absolute atomic E-state index is 0.233. The lowest BCUT2D eigenvalue weighted by molar-refractivity contribution is 0.407. The van der Waals surface area contributed by atoms with Crippen LogP contribution in [0.3, 0.4) is 0 Å². The molecule has 3 nitrogen and oxygen atoms in total. The molecule has 0 aliphatic heterocycles. The molecule has 0 aliphatic carbocycles. The quantitative estimate of drug-likeness (QED) is 0.813. The first-order chi connectivity index (χ1) is 6.72. The molecule has 3 heteroatoms. The van der Waals surface area contributed by atoms with Crippen LogP contribution in [-0.4, -0.2) is 9.55 Å². The molecular weight excluding hydrogens is 186 g/mol. The van der Waals surface area contributed by atoms with Crippen molar-refractivity contribution in [2.75, 3.05) is 5.73 Å². The predicted molar refractivity (Wildman–Crippen MR) is 64.9 cm³/mol. The Balaban J connectivity index is 3.07. The van der Waals surface area contributed by atoms with Gasteiger partial charge in [-0.2, -0.15) is 0 Å². The molecule has 0 aromatic carbocycles. The van der Waals surface area contributed by atoms with Gasteiger partial charge in [0.05, 0.1) is 5.69 Å². The molecular formula is C12H23N3. The van der Waals surface area contributed by atoms with Gasteiger partial charge in [-0.15, -0.1) is 0 Å². The van der Waals surface area contributed by atoms with Crippen molar-refractivity contribution in [3.05, 3.63) is 11.5 Å². The molecule has 15 heavy (non-hydrogen) atoms. The number of anilines is 1. The second-order valence-corrected chi connectivity index (χ2v) is 5.69. The summed E-state index contributed by atoms with van der Waals surface area (Å²) in [6.45, 7) is 12.9. The first kappa shape index (κ1) is 12.1. The Morgan fingerprint density at radius 1 is 1.33 bits per heavy atom. The Labute approximate surface area is 92.7 Å². The van der Waals surface area contributed by atoms with E-state index in [-0.39, 0.29) is 5.41 Å². The van der Waals surface area contributed by atoms with Crippen molar-refractivity contribution in [2.45, 2.75) is 54.0 Å². The predicted octanol–water partition coefficient (Wildman–Crippen LogP) is 2.94. The molecule has 0 saturated carbocycles. The van der Waals surface area contributed by atoms with Crippen LogP contribution in [0, 0.1) is 12.3 Å². The van der Waals surface area contributed by atoms with E-state index in [1.807, 2.05) is 6.92 Å². The van der Waals surface area contributed by atoms with Crippen molar-refractivity contribution in [3.8, 4) is 0 Å². The van der Waals surface area contributed by atoms with Gasteiger partial charge in [0.1, 0.15) is 11.6 Å². The molecule has 0 bridgehead atoms. The van der Waals surface area contributed by atoms with Crippen molar-refractivity contribution in [3.63, 3.8) is 0 Å². The number of rotatable bonds is 2. The molecule has 0 spiro atoms. The molecule has 1 aromatic rings. The molecule has 0 aliphatic rings. The van der Waals surface area contributed by atoms with Crippen molar-refractivity contribution in [1.82, 2.24) is 9.55 Å². The fraction of sp³-hybridized carbons (Fsp3) is 0.750. The van der Waals surface area contributed by atoms with Gasteiger partial charge < -0.3 is 10.3 Å². The second-order valence-electron chi connectivity index (χ2n) is 5.69. The number of imidazole rings is 1. The third-order valence-corrected chi connectivity index (χ3v) is 2.41. The number of hydrogen-bond donors (Lipinski definition) is 1. The van der Waals surface area contributed by atoms with Gasteiger partial charge in [-0.25, -0.2) is 4.98 Å². The van der Waals surface area contributed by atoms with E-state index in [2.05, 4.69) is 44.2 Å². The Morgan fingerprint density at radius 2 is 1.87 bits per heavy atom. The van der Waals surface area contributed by atoms with Gasteiger partial charge >= 0.3 is 0 Å². The van der Waals surface area contributed by atoms with Gasteiger partial charge in [-0.05, 0) is 32.6 Å². The monoisotopic (exact) mass is 209 g/mol. The molecule has 2 N–H and O–H groups in total. The zero-order valence-corrected chi connectivity index (χ0v) is 10.8. The average Bonchev–Trinajstić information content (AvgIpc) is 2.23. The summed E-state index contributed by atoms with van der Waals surface area (Å²) in [4.78, 5) is 4.55. The van der Waals surface area contributed by atoms with Crippen molar-refractivity contribution in [2.24, 2.45) is 5.41 Å². The van der Waals surface area contributed by atoms with Crippen LogP contribution < -0.4 is 5.73 Å². The van der Waals surface area contributed by atoms with Crippen LogP contribution in [0.5, 0.6) is 0 Å². The third-order valence-electron chi connectivity index (χ3n) is 2.41. The number of hydrogen-bond acceptors (Lipinski definition) is 2. The van der Waals surface area contributed by atoms with Gasteiger partial charge in [0.25, 0.3) is 0 Å². The van der Waals surface area contributed by atoms with Crippen LogP contribution in [-0.2, 0) is 6.42 Å². The van der Waals surface area contributed by atoms with E-state index < -0.39 is 0 Å². The largest absolute Gasteiger partial charge is 0.384 e. The minimum atomic E-state index is 0.233. The highest BCUT2D eigenvalue weighted by atomic mass is 15.2. The maximum Gasteiger partial charge on any atom is 0.127 e. The lowest BCUT2D eigenvalue weighted by atomic mass is 9.90. The van der Waals surface area contributed by atoms with Gasteiger partial charge in [0, 0.05) is 6.04 Å². The van der Waals surface area contributed by atoms with Crippen LogP contribution in [0.4, 0.5) is 5.82 Å². The topological polar surface area (TPSA) is 43.8 Å². The Morgan fingerprint density at radius 3 is 2.20 bits per heavy atom. The van der Waals surface area contributed by atoms with E-state index in [9.17, 15) is 0 Å². The van der Waals surface area contributed by atoms with E-state index in [0.29, 0.717) is 6.04 Å². The summed E-state index contributed by atoms with van der Waals surface area (Å²) in [5.74, 6) is 1.85.